The minimum Gasteiger partial charge on any atom is -0.412 e. The molecule has 0 saturated carbocycles. The molecule has 17 nitrogen and oxygen atoms in total. The van der Waals surface area contributed by atoms with Crippen LogP contribution >= 0.6 is 0 Å². The van der Waals surface area contributed by atoms with E-state index in [1.54, 1.807) is 0 Å². The summed E-state index contributed by atoms with van der Waals surface area (Å²) in [6.45, 7) is -3.49. The zero-order chi connectivity index (χ0) is 25.4. The smallest absolute Gasteiger partial charge is 0.224 e. The van der Waals surface area contributed by atoms with Gasteiger partial charge in [-0.1, -0.05) is 0 Å². The van der Waals surface area contributed by atoms with Crippen LogP contribution in [0.25, 0.3) is 0 Å². The average Bonchev–Trinajstić information content (AvgIpc) is 3.10. The zero-order valence-corrected chi connectivity index (χ0v) is 18.3. The van der Waals surface area contributed by atoms with Gasteiger partial charge in [-0.2, -0.15) is 0 Å². The van der Waals surface area contributed by atoms with Crippen molar-refractivity contribution in [2.24, 2.45) is 0 Å². The summed E-state index contributed by atoms with van der Waals surface area (Å²) in [4.78, 5) is 0. The maximum Gasteiger partial charge on any atom is 0.224 e. The van der Waals surface area contributed by atoms with Gasteiger partial charge < -0.3 is 85.3 Å². The molecule has 3 aliphatic heterocycles. The molecule has 0 spiro atoms. The van der Waals surface area contributed by atoms with E-state index in [2.05, 4.69) is 0 Å². The Hall–Kier alpha value is -0.680. The van der Waals surface area contributed by atoms with Crippen LogP contribution in [0.2, 0.25) is 0 Å². The zero-order valence-electron chi connectivity index (χ0n) is 18.3. The normalized spacial score (nSPS) is 50.7. The highest BCUT2D eigenvalue weighted by Gasteiger charge is 2.61. The minimum absolute atomic E-state index is 0. The van der Waals surface area contributed by atoms with Crippen molar-refractivity contribution >= 4 is 0 Å². The van der Waals surface area contributed by atoms with Crippen LogP contribution < -0.4 is 0 Å². The van der Waals surface area contributed by atoms with Crippen LogP contribution in [0.3, 0.4) is 0 Å². The molecule has 0 aliphatic carbocycles. The molecular formula is C18H34O17. The first-order chi connectivity index (χ1) is 16.0. The highest BCUT2D eigenvalue weighted by molar-refractivity contribution is 5.01. The molecule has 208 valence electrons. The van der Waals surface area contributed by atoms with Crippen molar-refractivity contribution in [1.29, 1.82) is 0 Å². The Morgan fingerprint density at radius 1 is 0.571 bits per heavy atom. The lowest BCUT2D eigenvalue weighted by molar-refractivity contribution is -0.400. The van der Waals surface area contributed by atoms with E-state index in [9.17, 15) is 56.2 Å². The van der Waals surface area contributed by atoms with Gasteiger partial charge in [0, 0.05) is 0 Å². The van der Waals surface area contributed by atoms with Crippen molar-refractivity contribution in [3.8, 4) is 0 Å². The molecule has 3 saturated heterocycles. The second-order valence-electron chi connectivity index (χ2n) is 8.37. The molecule has 35 heavy (non-hydrogen) atoms. The summed E-state index contributed by atoms with van der Waals surface area (Å²) in [6.07, 6.45) is -22.3. The topological polar surface area (TPSA) is 300 Å². The maximum absolute atomic E-state index is 10.6. The molecule has 13 N–H and O–H groups in total. The highest BCUT2D eigenvalue weighted by atomic mass is 16.8. The average molecular weight is 522 g/mol. The van der Waals surface area contributed by atoms with Crippen molar-refractivity contribution in [2.45, 2.75) is 85.5 Å². The lowest BCUT2D eigenvalue weighted by Crippen LogP contribution is -2.64. The van der Waals surface area contributed by atoms with E-state index in [1.165, 1.54) is 0 Å². The fourth-order valence-corrected chi connectivity index (χ4v) is 4.12. The lowest BCUT2D eigenvalue weighted by atomic mass is 9.98. The first-order valence-corrected chi connectivity index (χ1v) is 10.6. The molecule has 0 unspecified atom stereocenters. The third-order valence-electron chi connectivity index (χ3n) is 6.17. The molecule has 0 aromatic carbocycles. The second kappa shape index (κ2) is 12.2. The molecule has 0 aromatic rings. The van der Waals surface area contributed by atoms with Crippen LogP contribution in [0.5, 0.6) is 0 Å². The number of aliphatic hydroxyl groups excluding tert-OH is 11. The van der Waals surface area contributed by atoms with Gasteiger partial charge in [0.1, 0.15) is 73.8 Å². The minimum atomic E-state index is -2.43. The number of hydrogen-bond donors (Lipinski definition) is 11. The standard InChI is InChI=1S/C18H32O16.H2O/c19-1-5-8(23)11(26)13(28)16(30-5)32-15-10(25)7(3-21)33-18(15,4-22)34-17-14(29)12(27)9(24)6(2-20)31-17;/h5-17,19-29H,1-4H2;1H2/t5-,6-,7-,8+,9-,10-,11+,12+,13-,14-,15+,16-,17-,18-;/m1./s1. The van der Waals surface area contributed by atoms with Crippen LogP contribution in [-0.2, 0) is 23.7 Å². The number of rotatable bonds is 8. The van der Waals surface area contributed by atoms with E-state index in [0.29, 0.717) is 0 Å². The molecule has 3 fully saturated rings. The largest absolute Gasteiger partial charge is 0.412 e. The van der Waals surface area contributed by atoms with E-state index < -0.39 is 112 Å². The Morgan fingerprint density at radius 3 is 1.49 bits per heavy atom. The molecule has 3 aliphatic rings. The number of aliphatic hydroxyl groups is 11. The van der Waals surface area contributed by atoms with Crippen molar-refractivity contribution in [2.75, 3.05) is 26.4 Å². The molecule has 14 atom stereocenters. The molecule has 0 aromatic heterocycles. The predicted octanol–water partition coefficient (Wildman–Crippen LogP) is -8.40. The van der Waals surface area contributed by atoms with Crippen molar-refractivity contribution in [3.05, 3.63) is 0 Å². The van der Waals surface area contributed by atoms with Gasteiger partial charge in [-0.05, 0) is 0 Å². The van der Waals surface area contributed by atoms with Gasteiger partial charge in [-0.3, -0.25) is 0 Å². The summed E-state index contributed by atoms with van der Waals surface area (Å²) in [5.74, 6) is -2.43. The Labute approximate surface area is 198 Å². The van der Waals surface area contributed by atoms with Gasteiger partial charge in [-0.25, -0.2) is 0 Å². The molecule has 0 bridgehead atoms. The lowest BCUT2D eigenvalue weighted by Gasteiger charge is -2.45. The third-order valence-corrected chi connectivity index (χ3v) is 6.17. The predicted molar refractivity (Wildman–Crippen MR) is 105 cm³/mol. The Balaban J connectivity index is 0.00000432. The van der Waals surface area contributed by atoms with Gasteiger partial charge in [0.2, 0.25) is 5.79 Å². The van der Waals surface area contributed by atoms with E-state index in [-0.39, 0.29) is 5.48 Å². The van der Waals surface area contributed by atoms with Crippen LogP contribution in [0, 0.1) is 0 Å². The Morgan fingerprint density at radius 2 is 1.03 bits per heavy atom. The monoisotopic (exact) mass is 522 g/mol. The summed E-state index contributed by atoms with van der Waals surface area (Å²) in [6, 6.07) is 0. The van der Waals surface area contributed by atoms with Crippen LogP contribution in [-0.4, -0.2) is 174 Å². The maximum atomic E-state index is 10.6. The summed E-state index contributed by atoms with van der Waals surface area (Å²) >= 11 is 0. The molecule has 0 radical (unpaired) electrons. The molecule has 0 amide bonds. The Bertz CT molecular complexity index is 653. The van der Waals surface area contributed by atoms with Crippen LogP contribution in [0.1, 0.15) is 0 Å². The van der Waals surface area contributed by atoms with Gasteiger partial charge >= 0.3 is 0 Å². The first kappa shape index (κ1) is 30.5. The number of ether oxygens (including phenoxy) is 5. The van der Waals surface area contributed by atoms with Gasteiger partial charge in [0.25, 0.3) is 0 Å². The quantitative estimate of drug-likeness (QED) is 0.141. The highest BCUT2D eigenvalue weighted by Crippen LogP contribution is 2.39. The van der Waals surface area contributed by atoms with Gasteiger partial charge in [0.15, 0.2) is 12.6 Å². The van der Waals surface area contributed by atoms with E-state index >= 15 is 0 Å². The summed E-state index contributed by atoms with van der Waals surface area (Å²) in [5, 5.41) is 109. The SMILES string of the molecule is O.OC[C@H]1O[C@H](O[C@H]2[C@H](O)[C@@H](CO)O[C@]2(CO)O[C@H]2O[C@H](CO)[C@@H](O)[C@H](O)[C@H]2O)[C@H](O)[C@@H](O)[C@H]1O. The van der Waals surface area contributed by atoms with E-state index in [0.717, 1.165) is 0 Å². The van der Waals surface area contributed by atoms with Gasteiger partial charge in [0.05, 0.1) is 19.8 Å². The van der Waals surface area contributed by atoms with E-state index in [4.69, 9.17) is 23.7 Å². The molecule has 3 heterocycles. The molecular weight excluding hydrogens is 488 g/mol. The van der Waals surface area contributed by atoms with Crippen molar-refractivity contribution in [3.63, 3.8) is 0 Å². The molecule has 3 rings (SSSR count). The fourth-order valence-electron chi connectivity index (χ4n) is 4.12. The second-order valence-corrected chi connectivity index (χ2v) is 8.37. The van der Waals surface area contributed by atoms with Crippen LogP contribution in [0.15, 0.2) is 0 Å². The summed E-state index contributed by atoms with van der Waals surface area (Å²) in [5.41, 5.74) is 0. The van der Waals surface area contributed by atoms with Gasteiger partial charge in [-0.15, -0.1) is 0 Å². The fraction of sp³-hybridized carbons (Fsp3) is 1.00. The summed E-state index contributed by atoms with van der Waals surface area (Å²) < 4.78 is 27.0. The Kier molecular flexibility index (Phi) is 10.7. The molecule has 17 heteroatoms. The van der Waals surface area contributed by atoms with Crippen molar-refractivity contribution in [1.82, 2.24) is 0 Å². The van der Waals surface area contributed by atoms with E-state index in [1.807, 2.05) is 0 Å². The van der Waals surface area contributed by atoms with Crippen molar-refractivity contribution < 1.29 is 85.3 Å². The summed E-state index contributed by atoms with van der Waals surface area (Å²) in [7, 11) is 0. The first-order valence-electron chi connectivity index (χ1n) is 10.6. The van der Waals surface area contributed by atoms with Crippen LogP contribution in [0.4, 0.5) is 0 Å². The number of hydrogen-bond acceptors (Lipinski definition) is 16. The third kappa shape index (κ3) is 5.61.